The van der Waals surface area contributed by atoms with E-state index in [1.165, 1.54) is 6.21 Å². The van der Waals surface area contributed by atoms with Crippen molar-refractivity contribution in [2.24, 2.45) is 5.10 Å². The molecular formula is C25H24N2O4. The number of nitrogens with zero attached hydrogens (tertiary/aromatic N) is 1. The zero-order valence-corrected chi connectivity index (χ0v) is 17.0. The van der Waals surface area contributed by atoms with Crippen LogP contribution in [0.15, 0.2) is 90.6 Å². The third kappa shape index (κ3) is 6.75. The number of hydrazone groups is 1. The summed E-state index contributed by atoms with van der Waals surface area (Å²) in [5.41, 5.74) is 4.71. The van der Waals surface area contributed by atoms with E-state index in [4.69, 9.17) is 9.47 Å². The molecule has 3 aromatic carbocycles. The van der Waals surface area contributed by atoms with Crippen molar-refractivity contribution in [1.29, 1.82) is 0 Å². The molecule has 0 aromatic heterocycles. The number of hydrogen-bond donors (Lipinski definition) is 2. The first-order valence-corrected chi connectivity index (χ1v) is 9.79. The maximum atomic E-state index is 11.9. The number of carbonyl (C=O) groups excluding carboxylic acids is 1. The molecule has 0 radical (unpaired) electrons. The van der Waals surface area contributed by atoms with Crippen LogP contribution in [0, 0.1) is 0 Å². The standard InChI is InChI=1S/C25H24N2O4/c1-2-7-20-10-6-11-21(25(20)29)16-26-27-24(28)18-31-23-14-12-22(13-15-23)30-17-19-8-4-3-5-9-19/h2-6,8-16,29H,1,7,17-18H2,(H,27,28). The van der Waals surface area contributed by atoms with Crippen molar-refractivity contribution in [3.63, 3.8) is 0 Å². The maximum Gasteiger partial charge on any atom is 0.277 e. The molecule has 0 aliphatic carbocycles. The average Bonchev–Trinajstić information content (AvgIpc) is 2.80. The molecule has 3 rings (SSSR count). The van der Waals surface area contributed by atoms with Crippen molar-refractivity contribution in [2.45, 2.75) is 13.0 Å². The highest BCUT2D eigenvalue weighted by molar-refractivity contribution is 5.86. The largest absolute Gasteiger partial charge is 0.507 e. The summed E-state index contributed by atoms with van der Waals surface area (Å²) in [5.74, 6) is 0.957. The highest BCUT2D eigenvalue weighted by Crippen LogP contribution is 2.21. The lowest BCUT2D eigenvalue weighted by Crippen LogP contribution is -2.24. The van der Waals surface area contributed by atoms with E-state index in [1.807, 2.05) is 30.3 Å². The summed E-state index contributed by atoms with van der Waals surface area (Å²) in [6, 6.07) is 22.2. The predicted molar refractivity (Wildman–Crippen MR) is 120 cm³/mol. The van der Waals surface area contributed by atoms with Crippen molar-refractivity contribution < 1.29 is 19.4 Å². The zero-order valence-electron chi connectivity index (χ0n) is 17.0. The minimum Gasteiger partial charge on any atom is -0.507 e. The molecule has 6 heteroatoms. The first kappa shape index (κ1) is 21.6. The van der Waals surface area contributed by atoms with E-state index in [0.29, 0.717) is 30.1 Å². The third-order valence-electron chi connectivity index (χ3n) is 4.35. The SMILES string of the molecule is C=CCc1cccc(C=NNC(=O)COc2ccc(OCc3ccccc3)cc2)c1O. The van der Waals surface area contributed by atoms with Crippen molar-refractivity contribution in [3.8, 4) is 17.2 Å². The van der Waals surface area contributed by atoms with Gasteiger partial charge in [0.15, 0.2) is 6.61 Å². The van der Waals surface area contributed by atoms with Gasteiger partial charge in [-0.05, 0) is 47.9 Å². The van der Waals surface area contributed by atoms with Gasteiger partial charge in [0.05, 0.1) is 6.21 Å². The first-order valence-electron chi connectivity index (χ1n) is 9.79. The van der Waals surface area contributed by atoms with Crippen molar-refractivity contribution >= 4 is 12.1 Å². The van der Waals surface area contributed by atoms with Crippen LogP contribution in [0.1, 0.15) is 16.7 Å². The molecule has 158 valence electrons. The number of ether oxygens (including phenoxy) is 2. The molecule has 0 spiro atoms. The highest BCUT2D eigenvalue weighted by Gasteiger charge is 2.05. The fourth-order valence-corrected chi connectivity index (χ4v) is 2.76. The first-order chi connectivity index (χ1) is 15.2. The Morgan fingerprint density at radius 2 is 1.68 bits per heavy atom. The molecule has 0 fully saturated rings. The number of para-hydroxylation sites is 1. The quantitative estimate of drug-likeness (QED) is 0.294. The molecule has 2 N–H and O–H groups in total. The molecule has 0 unspecified atom stereocenters. The lowest BCUT2D eigenvalue weighted by molar-refractivity contribution is -0.123. The van der Waals surface area contributed by atoms with Gasteiger partial charge in [-0.25, -0.2) is 5.43 Å². The maximum absolute atomic E-state index is 11.9. The Bertz CT molecular complexity index is 1030. The van der Waals surface area contributed by atoms with Gasteiger partial charge in [0.25, 0.3) is 5.91 Å². The van der Waals surface area contributed by atoms with Crippen LogP contribution in [0.25, 0.3) is 0 Å². The molecule has 3 aromatic rings. The smallest absolute Gasteiger partial charge is 0.277 e. The number of amides is 1. The normalized spacial score (nSPS) is 10.6. The van der Waals surface area contributed by atoms with Gasteiger partial charge in [-0.3, -0.25) is 4.79 Å². The van der Waals surface area contributed by atoms with Gasteiger partial charge in [0.1, 0.15) is 23.9 Å². The number of nitrogens with one attached hydrogen (secondary N) is 1. The molecule has 6 nitrogen and oxygen atoms in total. The second-order valence-electron chi connectivity index (χ2n) is 6.68. The predicted octanol–water partition coefficient (Wildman–Crippen LogP) is 4.23. The lowest BCUT2D eigenvalue weighted by atomic mass is 10.1. The van der Waals surface area contributed by atoms with Gasteiger partial charge in [-0.2, -0.15) is 5.10 Å². The number of carbonyl (C=O) groups is 1. The Morgan fingerprint density at radius 3 is 2.39 bits per heavy atom. The topological polar surface area (TPSA) is 80.2 Å². The number of benzene rings is 3. The number of phenolic OH excluding ortho intramolecular Hbond substituents is 1. The Labute approximate surface area is 181 Å². The minimum absolute atomic E-state index is 0.117. The van der Waals surface area contributed by atoms with Crippen LogP contribution in [-0.4, -0.2) is 23.8 Å². The van der Waals surface area contributed by atoms with E-state index in [1.54, 1.807) is 48.5 Å². The van der Waals surface area contributed by atoms with Crippen LogP contribution in [0.2, 0.25) is 0 Å². The summed E-state index contributed by atoms with van der Waals surface area (Å²) >= 11 is 0. The number of hydrogen-bond acceptors (Lipinski definition) is 5. The van der Waals surface area contributed by atoms with Gasteiger partial charge in [-0.1, -0.05) is 48.5 Å². The van der Waals surface area contributed by atoms with Crippen LogP contribution >= 0.6 is 0 Å². The Hall–Kier alpha value is -4.06. The number of phenols is 1. The summed E-state index contributed by atoms with van der Waals surface area (Å²) in [6.45, 7) is 3.95. The molecule has 0 bridgehead atoms. The molecule has 31 heavy (non-hydrogen) atoms. The lowest BCUT2D eigenvalue weighted by Gasteiger charge is -2.08. The summed E-state index contributed by atoms with van der Waals surface area (Å²) in [5, 5.41) is 14.0. The fraction of sp³-hybridized carbons (Fsp3) is 0.120. The van der Waals surface area contributed by atoms with Crippen molar-refractivity contribution in [3.05, 3.63) is 102 Å². The fourth-order valence-electron chi connectivity index (χ4n) is 2.76. The van der Waals surface area contributed by atoms with Gasteiger partial charge >= 0.3 is 0 Å². The number of aromatic hydroxyl groups is 1. The minimum atomic E-state index is -0.414. The second kappa shape index (κ2) is 11.2. The molecule has 0 saturated carbocycles. The van der Waals surface area contributed by atoms with Gasteiger partial charge in [0.2, 0.25) is 0 Å². The van der Waals surface area contributed by atoms with Crippen LogP contribution in [0.5, 0.6) is 17.2 Å². The Balaban J connectivity index is 1.44. The highest BCUT2D eigenvalue weighted by atomic mass is 16.5. The van der Waals surface area contributed by atoms with Gasteiger partial charge < -0.3 is 14.6 Å². The second-order valence-corrected chi connectivity index (χ2v) is 6.68. The number of allylic oxidation sites excluding steroid dienone is 1. The van der Waals surface area contributed by atoms with Crippen molar-refractivity contribution in [2.75, 3.05) is 6.61 Å². The molecule has 0 saturated heterocycles. The van der Waals surface area contributed by atoms with E-state index in [0.717, 1.165) is 11.1 Å². The summed E-state index contributed by atoms with van der Waals surface area (Å²) < 4.78 is 11.2. The third-order valence-corrected chi connectivity index (χ3v) is 4.35. The summed E-state index contributed by atoms with van der Waals surface area (Å²) in [4.78, 5) is 11.9. The molecule has 0 aliphatic rings. The van der Waals surface area contributed by atoms with E-state index in [-0.39, 0.29) is 12.4 Å². The van der Waals surface area contributed by atoms with E-state index < -0.39 is 5.91 Å². The summed E-state index contributed by atoms with van der Waals surface area (Å²) in [6.07, 6.45) is 3.64. The molecule has 0 atom stereocenters. The summed E-state index contributed by atoms with van der Waals surface area (Å²) in [7, 11) is 0. The van der Waals surface area contributed by atoms with Crippen LogP contribution in [-0.2, 0) is 17.8 Å². The number of rotatable bonds is 10. The van der Waals surface area contributed by atoms with Gasteiger partial charge in [0, 0.05) is 5.56 Å². The van der Waals surface area contributed by atoms with Crippen molar-refractivity contribution in [1.82, 2.24) is 5.43 Å². The molecular weight excluding hydrogens is 392 g/mol. The monoisotopic (exact) mass is 416 g/mol. The zero-order chi connectivity index (χ0) is 21.9. The van der Waals surface area contributed by atoms with Crippen LogP contribution in [0.4, 0.5) is 0 Å². The molecule has 0 aliphatic heterocycles. The van der Waals surface area contributed by atoms with Crippen LogP contribution < -0.4 is 14.9 Å². The Kier molecular flexibility index (Phi) is 7.83. The molecule has 1 amide bonds. The van der Waals surface area contributed by atoms with Crippen LogP contribution in [0.3, 0.4) is 0 Å². The van der Waals surface area contributed by atoms with E-state index in [2.05, 4.69) is 17.1 Å². The molecule has 0 heterocycles. The Morgan fingerprint density at radius 1 is 0.968 bits per heavy atom. The van der Waals surface area contributed by atoms with E-state index in [9.17, 15) is 9.90 Å². The van der Waals surface area contributed by atoms with Gasteiger partial charge in [-0.15, -0.1) is 6.58 Å². The van der Waals surface area contributed by atoms with E-state index >= 15 is 0 Å². The average molecular weight is 416 g/mol.